The Balaban J connectivity index is 2.11. The van der Waals surface area contributed by atoms with Crippen LogP contribution in [0.1, 0.15) is 12.0 Å². The van der Waals surface area contributed by atoms with Crippen LogP contribution < -0.4 is 4.74 Å². The zero-order chi connectivity index (χ0) is 13.1. The average molecular weight is 273 g/mol. The van der Waals surface area contributed by atoms with Gasteiger partial charge in [-0.2, -0.15) is 21.4 Å². The first-order valence-electron chi connectivity index (χ1n) is 5.55. The Hall–Kier alpha value is -1.30. The highest BCUT2D eigenvalue weighted by Crippen LogP contribution is 2.25. The lowest BCUT2D eigenvalue weighted by molar-refractivity contribution is -0.128. The normalized spacial score (nSPS) is 19.7. The maximum Gasteiger partial charge on any atom is 0.387 e. The molecule has 18 heavy (non-hydrogen) atoms. The first kappa shape index (κ1) is 13.1. The molecule has 1 atom stereocenters. The second kappa shape index (κ2) is 5.56. The Kier molecular flexibility index (Phi) is 4.06. The van der Waals surface area contributed by atoms with Gasteiger partial charge < -0.3 is 9.64 Å². The van der Waals surface area contributed by atoms with Crippen molar-refractivity contribution in [2.75, 3.05) is 6.54 Å². The molecule has 1 aliphatic rings. The van der Waals surface area contributed by atoms with Crippen LogP contribution in [-0.4, -0.2) is 29.2 Å². The second-order valence-corrected chi connectivity index (χ2v) is 4.85. The van der Waals surface area contributed by atoms with Gasteiger partial charge in [0.1, 0.15) is 5.75 Å². The van der Waals surface area contributed by atoms with E-state index >= 15 is 0 Å². The topological polar surface area (TPSA) is 29.5 Å². The lowest BCUT2D eigenvalue weighted by atomic mass is 10.2. The fourth-order valence-corrected chi connectivity index (χ4v) is 2.31. The Bertz CT molecular complexity index is 442. The van der Waals surface area contributed by atoms with Crippen molar-refractivity contribution >= 4 is 18.5 Å². The van der Waals surface area contributed by atoms with Gasteiger partial charge >= 0.3 is 6.61 Å². The van der Waals surface area contributed by atoms with E-state index < -0.39 is 6.61 Å². The standard InChI is InChI=1S/C12H13F2NO2S/c13-12(14)17-10-4-2-1-3-8(10)6-15-7-9(18)5-11(15)16/h1-4,9,12,18H,5-7H2. The Labute approximate surface area is 109 Å². The number of likely N-dealkylation sites (tertiary alicyclic amines) is 1. The zero-order valence-corrected chi connectivity index (χ0v) is 10.4. The molecule has 0 aromatic heterocycles. The molecule has 1 aliphatic heterocycles. The van der Waals surface area contributed by atoms with Crippen LogP contribution in [0, 0.1) is 0 Å². The van der Waals surface area contributed by atoms with Gasteiger partial charge in [-0.3, -0.25) is 4.79 Å². The third-order valence-corrected chi connectivity index (χ3v) is 3.09. The molecule has 3 nitrogen and oxygen atoms in total. The van der Waals surface area contributed by atoms with E-state index in [4.69, 9.17) is 0 Å². The van der Waals surface area contributed by atoms with E-state index in [9.17, 15) is 13.6 Å². The maximum atomic E-state index is 12.2. The highest BCUT2D eigenvalue weighted by atomic mass is 32.1. The summed E-state index contributed by atoms with van der Waals surface area (Å²) in [5.74, 6) is 0.102. The van der Waals surface area contributed by atoms with Crippen molar-refractivity contribution < 1.29 is 18.3 Å². The molecule has 1 aromatic carbocycles. The first-order chi connectivity index (χ1) is 8.56. The molecular formula is C12H13F2NO2S. The van der Waals surface area contributed by atoms with Crippen LogP contribution in [0.25, 0.3) is 0 Å². The number of carbonyl (C=O) groups is 1. The molecule has 98 valence electrons. The molecule has 0 N–H and O–H groups in total. The summed E-state index contributed by atoms with van der Waals surface area (Å²) in [6, 6.07) is 6.50. The summed E-state index contributed by atoms with van der Waals surface area (Å²) >= 11 is 4.25. The summed E-state index contributed by atoms with van der Waals surface area (Å²) in [5, 5.41) is 0.0145. The number of alkyl halides is 2. The van der Waals surface area contributed by atoms with Crippen molar-refractivity contribution in [1.29, 1.82) is 0 Å². The minimum Gasteiger partial charge on any atom is -0.434 e. The van der Waals surface area contributed by atoms with Gasteiger partial charge in [0.05, 0.1) is 0 Å². The molecule has 0 bridgehead atoms. The van der Waals surface area contributed by atoms with Crippen LogP contribution in [0.15, 0.2) is 24.3 Å². The third-order valence-electron chi connectivity index (χ3n) is 2.74. The maximum absolute atomic E-state index is 12.2. The number of hydrogen-bond acceptors (Lipinski definition) is 3. The van der Waals surface area contributed by atoms with Gasteiger partial charge in [0, 0.05) is 30.3 Å². The number of carbonyl (C=O) groups excluding carboxylic acids is 1. The fraction of sp³-hybridized carbons (Fsp3) is 0.417. The molecule has 6 heteroatoms. The van der Waals surface area contributed by atoms with E-state index in [0.717, 1.165) is 0 Å². The summed E-state index contributed by atoms with van der Waals surface area (Å²) < 4.78 is 28.9. The van der Waals surface area contributed by atoms with Gasteiger partial charge in [-0.15, -0.1) is 0 Å². The smallest absolute Gasteiger partial charge is 0.387 e. The van der Waals surface area contributed by atoms with Gasteiger partial charge in [0.2, 0.25) is 5.91 Å². The molecule has 2 rings (SSSR count). The van der Waals surface area contributed by atoms with Gasteiger partial charge in [-0.1, -0.05) is 18.2 Å². The number of nitrogens with zero attached hydrogens (tertiary/aromatic N) is 1. The molecule has 0 spiro atoms. The molecule has 0 aliphatic carbocycles. The van der Waals surface area contributed by atoms with Crippen LogP contribution >= 0.6 is 12.6 Å². The molecule has 1 aromatic rings. The van der Waals surface area contributed by atoms with Gasteiger partial charge in [0.25, 0.3) is 0 Å². The molecule has 1 saturated heterocycles. The number of rotatable bonds is 4. The minimum absolute atomic E-state index is 0.0122. The SMILES string of the molecule is O=C1CC(S)CN1Cc1ccccc1OC(F)F. The Morgan fingerprint density at radius 1 is 1.44 bits per heavy atom. The Morgan fingerprint density at radius 3 is 2.78 bits per heavy atom. The fourth-order valence-electron chi connectivity index (χ4n) is 1.96. The van der Waals surface area contributed by atoms with Crippen molar-refractivity contribution in [3.63, 3.8) is 0 Å². The van der Waals surface area contributed by atoms with Crippen molar-refractivity contribution in [3.8, 4) is 5.75 Å². The second-order valence-electron chi connectivity index (χ2n) is 4.12. The van der Waals surface area contributed by atoms with E-state index in [1.807, 2.05) is 0 Å². The van der Waals surface area contributed by atoms with Crippen molar-refractivity contribution in [1.82, 2.24) is 4.90 Å². The van der Waals surface area contributed by atoms with Gasteiger partial charge in [-0.25, -0.2) is 0 Å². The van der Waals surface area contributed by atoms with Gasteiger partial charge in [0.15, 0.2) is 0 Å². The Morgan fingerprint density at radius 2 is 2.17 bits per heavy atom. The highest BCUT2D eigenvalue weighted by molar-refractivity contribution is 7.81. The average Bonchev–Trinajstić information content (AvgIpc) is 2.59. The molecule has 1 unspecified atom stereocenters. The summed E-state index contributed by atoms with van der Waals surface area (Å²) in [6.45, 7) is -2.05. The minimum atomic E-state index is -2.86. The van der Waals surface area contributed by atoms with Crippen LogP contribution in [-0.2, 0) is 11.3 Å². The molecular weight excluding hydrogens is 260 g/mol. The number of halogens is 2. The monoisotopic (exact) mass is 273 g/mol. The number of ether oxygens (including phenoxy) is 1. The van der Waals surface area contributed by atoms with Gasteiger partial charge in [-0.05, 0) is 6.07 Å². The molecule has 1 heterocycles. The third kappa shape index (κ3) is 3.13. The quantitative estimate of drug-likeness (QED) is 0.853. The molecule has 0 radical (unpaired) electrons. The van der Waals surface area contributed by atoms with Crippen molar-refractivity contribution in [2.24, 2.45) is 0 Å². The summed E-state index contributed by atoms with van der Waals surface area (Å²) in [4.78, 5) is 13.2. The van der Waals surface area contributed by atoms with Crippen LogP contribution in [0.2, 0.25) is 0 Å². The number of para-hydroxylation sites is 1. The van der Waals surface area contributed by atoms with Crippen LogP contribution in [0.5, 0.6) is 5.75 Å². The summed E-state index contributed by atoms with van der Waals surface area (Å²) in [7, 11) is 0. The zero-order valence-electron chi connectivity index (χ0n) is 9.55. The summed E-state index contributed by atoms with van der Waals surface area (Å²) in [5.41, 5.74) is 0.577. The summed E-state index contributed by atoms with van der Waals surface area (Å²) in [6.07, 6.45) is 0.390. The van der Waals surface area contributed by atoms with E-state index in [1.165, 1.54) is 6.07 Å². The highest BCUT2D eigenvalue weighted by Gasteiger charge is 2.27. The van der Waals surface area contributed by atoms with E-state index in [0.29, 0.717) is 18.5 Å². The lowest BCUT2D eigenvalue weighted by Crippen LogP contribution is -2.25. The number of amides is 1. The predicted molar refractivity (Wildman–Crippen MR) is 65.9 cm³/mol. The number of thiol groups is 1. The van der Waals surface area contributed by atoms with E-state index in [2.05, 4.69) is 17.4 Å². The van der Waals surface area contributed by atoms with Crippen LogP contribution in [0.3, 0.4) is 0 Å². The molecule has 0 saturated carbocycles. The van der Waals surface area contributed by atoms with Crippen LogP contribution in [0.4, 0.5) is 8.78 Å². The van der Waals surface area contributed by atoms with Crippen molar-refractivity contribution in [2.45, 2.75) is 24.8 Å². The number of hydrogen-bond donors (Lipinski definition) is 1. The van der Waals surface area contributed by atoms with E-state index in [1.54, 1.807) is 23.1 Å². The molecule has 1 fully saturated rings. The first-order valence-corrected chi connectivity index (χ1v) is 6.06. The number of benzene rings is 1. The lowest BCUT2D eigenvalue weighted by Gasteiger charge is -2.18. The largest absolute Gasteiger partial charge is 0.434 e. The predicted octanol–water partition coefficient (Wildman–Crippen LogP) is 2.32. The van der Waals surface area contributed by atoms with E-state index in [-0.39, 0.29) is 23.5 Å². The van der Waals surface area contributed by atoms with Crippen molar-refractivity contribution in [3.05, 3.63) is 29.8 Å². The molecule has 1 amide bonds.